The summed E-state index contributed by atoms with van der Waals surface area (Å²) < 4.78 is 26.4. The van der Waals surface area contributed by atoms with Gasteiger partial charge in [-0.15, -0.1) is 11.3 Å². The Balaban J connectivity index is 1.94. The van der Waals surface area contributed by atoms with E-state index >= 15 is 0 Å². The number of thiophene rings is 1. The third-order valence-corrected chi connectivity index (χ3v) is 5.79. The molecule has 1 aromatic heterocycles. The van der Waals surface area contributed by atoms with E-state index in [0.29, 0.717) is 12.8 Å². The number of hydroxylamine groups is 1. The lowest BCUT2D eigenvalue weighted by Gasteiger charge is -2.40. The second-order valence-corrected chi connectivity index (χ2v) is 7.67. The summed E-state index contributed by atoms with van der Waals surface area (Å²) in [7, 11) is 0. The van der Waals surface area contributed by atoms with Crippen molar-refractivity contribution < 1.29 is 23.9 Å². The first-order valence-corrected chi connectivity index (χ1v) is 9.43. The van der Waals surface area contributed by atoms with Crippen LogP contribution in [0.4, 0.5) is 8.78 Å². The fourth-order valence-electron chi connectivity index (χ4n) is 2.73. The summed E-state index contributed by atoms with van der Waals surface area (Å²) in [4.78, 5) is 13.1. The number of aliphatic hydroxyl groups is 1. The number of alkyl halides is 2. The van der Waals surface area contributed by atoms with E-state index in [0.717, 1.165) is 25.0 Å². The van der Waals surface area contributed by atoms with Crippen LogP contribution in [0.3, 0.4) is 0 Å². The van der Waals surface area contributed by atoms with E-state index in [4.69, 9.17) is 5.21 Å². The maximum absolute atomic E-state index is 13.2. The molecule has 0 aliphatic rings. The predicted molar refractivity (Wildman–Crippen MR) is 101 cm³/mol. The first-order valence-electron chi connectivity index (χ1n) is 8.55. The average Bonchev–Trinajstić information content (AvgIpc) is 3.19. The lowest BCUT2D eigenvalue weighted by molar-refractivity contribution is -0.167. The van der Waals surface area contributed by atoms with Gasteiger partial charge in [0.1, 0.15) is 11.1 Å². The number of carbonyl (C=O) groups is 1. The van der Waals surface area contributed by atoms with Crippen LogP contribution in [0.1, 0.15) is 25.8 Å². The van der Waals surface area contributed by atoms with Crippen molar-refractivity contribution in [2.45, 2.75) is 44.3 Å². The zero-order valence-corrected chi connectivity index (χ0v) is 16.0. The Kier molecular flexibility index (Phi) is 7.05. The van der Waals surface area contributed by atoms with Crippen molar-refractivity contribution in [1.29, 1.82) is 0 Å². The van der Waals surface area contributed by atoms with E-state index in [1.807, 2.05) is 41.8 Å². The van der Waals surface area contributed by atoms with Crippen molar-refractivity contribution >= 4 is 17.2 Å². The van der Waals surface area contributed by atoms with Gasteiger partial charge >= 0.3 is 0 Å². The smallest absolute Gasteiger partial charge is 0.268 e. The van der Waals surface area contributed by atoms with Crippen molar-refractivity contribution in [3.63, 3.8) is 0 Å². The largest absolute Gasteiger partial charge is 0.382 e. The summed E-state index contributed by atoms with van der Waals surface area (Å²) in [6.45, 7) is 2.21. The van der Waals surface area contributed by atoms with Crippen molar-refractivity contribution in [3.8, 4) is 10.4 Å². The minimum absolute atomic E-state index is 0.208. The Labute approximate surface area is 161 Å². The Bertz CT molecular complexity index is 736. The van der Waals surface area contributed by atoms with E-state index in [2.05, 4.69) is 5.32 Å². The molecule has 0 aliphatic carbocycles. The fraction of sp³-hybridized carbons (Fsp3) is 0.421. The molecule has 0 aliphatic heterocycles. The van der Waals surface area contributed by atoms with E-state index in [9.17, 15) is 18.7 Å². The van der Waals surface area contributed by atoms with Gasteiger partial charge in [-0.05, 0) is 55.8 Å². The molecule has 8 heteroatoms. The van der Waals surface area contributed by atoms with E-state index < -0.39 is 23.5 Å². The van der Waals surface area contributed by atoms with Crippen LogP contribution in [0.15, 0.2) is 41.8 Å². The molecule has 2 rings (SSSR count). The summed E-state index contributed by atoms with van der Waals surface area (Å²) >= 11 is 1.66. The third kappa shape index (κ3) is 4.70. The lowest BCUT2D eigenvalue weighted by Crippen LogP contribution is -2.70. The van der Waals surface area contributed by atoms with Gasteiger partial charge in [0.05, 0.1) is 0 Å². The Hall–Kier alpha value is -1.87. The van der Waals surface area contributed by atoms with Crippen LogP contribution in [0.2, 0.25) is 0 Å². The highest BCUT2D eigenvalue weighted by Crippen LogP contribution is 2.29. The quantitative estimate of drug-likeness (QED) is 0.297. The molecule has 27 heavy (non-hydrogen) atoms. The molecule has 0 saturated carbocycles. The zero-order valence-electron chi connectivity index (χ0n) is 15.2. The summed E-state index contributed by atoms with van der Waals surface area (Å²) in [5.74, 6) is -1.12. The van der Waals surface area contributed by atoms with Crippen molar-refractivity contribution in [3.05, 3.63) is 47.3 Å². The van der Waals surface area contributed by atoms with E-state index in [-0.39, 0.29) is 6.54 Å². The van der Waals surface area contributed by atoms with Crippen LogP contribution in [0.25, 0.3) is 10.4 Å². The minimum Gasteiger partial charge on any atom is -0.382 e. The van der Waals surface area contributed by atoms with Crippen LogP contribution in [-0.2, 0) is 11.2 Å². The topological polar surface area (TPSA) is 81.6 Å². The monoisotopic (exact) mass is 398 g/mol. The molecule has 0 fully saturated rings. The highest BCUT2D eigenvalue weighted by molar-refractivity contribution is 7.13. The molecule has 2 aromatic rings. The number of hydrogen-bond donors (Lipinski definition) is 4. The molecular formula is C19H24F2N2O3S. The van der Waals surface area contributed by atoms with Gasteiger partial charge in [0, 0.05) is 4.88 Å². The molecule has 2 unspecified atom stereocenters. The van der Waals surface area contributed by atoms with Crippen molar-refractivity contribution in [1.82, 2.24) is 10.8 Å². The van der Waals surface area contributed by atoms with Gasteiger partial charge in [0.2, 0.25) is 0 Å². The first-order chi connectivity index (χ1) is 12.7. The molecule has 0 saturated heterocycles. The summed E-state index contributed by atoms with van der Waals surface area (Å²) in [6.07, 6.45) is -1.94. The summed E-state index contributed by atoms with van der Waals surface area (Å²) in [5.41, 5.74) is -1.14. The molecule has 4 N–H and O–H groups in total. The van der Waals surface area contributed by atoms with Gasteiger partial charge in [-0.25, -0.2) is 14.3 Å². The van der Waals surface area contributed by atoms with Crippen molar-refractivity contribution in [2.75, 3.05) is 6.54 Å². The molecule has 148 valence electrons. The van der Waals surface area contributed by atoms with Gasteiger partial charge in [-0.2, -0.15) is 0 Å². The molecule has 2 atom stereocenters. The van der Waals surface area contributed by atoms with Gasteiger partial charge in [-0.1, -0.05) is 30.3 Å². The lowest BCUT2D eigenvalue weighted by atomic mass is 9.81. The number of halogens is 2. The Morgan fingerprint density at radius 2 is 1.89 bits per heavy atom. The van der Waals surface area contributed by atoms with Crippen LogP contribution < -0.4 is 10.8 Å². The fourth-order valence-corrected chi connectivity index (χ4v) is 3.46. The molecule has 0 bridgehead atoms. The molecule has 1 amide bonds. The normalized spacial score (nSPS) is 16.0. The maximum Gasteiger partial charge on any atom is 0.268 e. The molecule has 1 aromatic carbocycles. The maximum atomic E-state index is 13.2. The standard InChI is InChI=1S/C19H24F2N2O3S/c1-18(17(24)23-26,19(2,25)16(20)21)22-11-3-5-13-7-9-14(10-8-13)15-6-4-12-27-15/h4,6-10,12,16,22,25-26H,3,5,11H2,1-2H3,(H,23,24). The number of aryl methyl sites for hydroxylation is 1. The summed E-state index contributed by atoms with van der Waals surface area (Å²) in [5, 5.41) is 23.6. The molecule has 0 radical (unpaired) electrons. The Morgan fingerprint density at radius 1 is 1.22 bits per heavy atom. The highest BCUT2D eigenvalue weighted by atomic mass is 32.1. The van der Waals surface area contributed by atoms with Gasteiger partial charge in [0.25, 0.3) is 12.3 Å². The van der Waals surface area contributed by atoms with E-state index in [1.54, 1.807) is 11.3 Å². The SMILES string of the molecule is CC(NCCCc1ccc(-c2cccs2)cc1)(C(=O)NO)C(C)(O)C(F)F. The predicted octanol–water partition coefficient (Wildman–Crippen LogP) is 3.22. The van der Waals surface area contributed by atoms with Gasteiger partial charge in [-0.3, -0.25) is 10.0 Å². The Morgan fingerprint density at radius 3 is 2.41 bits per heavy atom. The summed E-state index contributed by atoms with van der Waals surface area (Å²) in [6, 6.07) is 12.1. The zero-order chi connectivity index (χ0) is 20.1. The molecule has 0 spiro atoms. The number of amides is 1. The third-order valence-electron chi connectivity index (χ3n) is 4.87. The second-order valence-electron chi connectivity index (χ2n) is 6.72. The molecule has 5 nitrogen and oxygen atoms in total. The first kappa shape index (κ1) is 21.4. The molecular weight excluding hydrogens is 374 g/mol. The average molecular weight is 398 g/mol. The van der Waals surface area contributed by atoms with Crippen LogP contribution >= 0.6 is 11.3 Å². The molecule has 1 heterocycles. The number of rotatable bonds is 9. The van der Waals surface area contributed by atoms with Gasteiger partial charge in [0.15, 0.2) is 0 Å². The van der Waals surface area contributed by atoms with Gasteiger partial charge < -0.3 is 10.4 Å². The minimum atomic E-state index is -3.17. The number of benzene rings is 1. The van der Waals surface area contributed by atoms with Crippen LogP contribution in [-0.4, -0.2) is 40.3 Å². The van der Waals surface area contributed by atoms with Crippen LogP contribution in [0.5, 0.6) is 0 Å². The highest BCUT2D eigenvalue weighted by Gasteiger charge is 2.54. The number of hydrogen-bond acceptors (Lipinski definition) is 5. The van der Waals surface area contributed by atoms with Crippen LogP contribution in [0, 0.1) is 0 Å². The second kappa shape index (κ2) is 8.88. The van der Waals surface area contributed by atoms with Crippen molar-refractivity contribution in [2.24, 2.45) is 0 Å². The number of nitrogens with one attached hydrogen (secondary N) is 2. The van der Waals surface area contributed by atoms with E-state index in [1.165, 1.54) is 10.4 Å². The number of carbonyl (C=O) groups excluding carboxylic acids is 1.